The van der Waals surface area contributed by atoms with Gasteiger partial charge in [0.1, 0.15) is 11.6 Å². The van der Waals surface area contributed by atoms with E-state index in [4.69, 9.17) is 0 Å². The molecule has 1 aromatic carbocycles. The molecule has 4 aromatic rings. The number of imidazole rings is 1. The first-order valence-corrected chi connectivity index (χ1v) is 15.4. The number of fused-ring (bicyclic) bond motifs is 1. The minimum atomic E-state index is -3.70. The van der Waals surface area contributed by atoms with Gasteiger partial charge in [-0.3, -0.25) is 4.90 Å². The van der Waals surface area contributed by atoms with Crippen molar-refractivity contribution < 1.29 is 12.8 Å². The van der Waals surface area contributed by atoms with Crippen molar-refractivity contribution in [1.29, 1.82) is 0 Å². The van der Waals surface area contributed by atoms with Gasteiger partial charge in [0.05, 0.1) is 30.3 Å². The van der Waals surface area contributed by atoms with E-state index >= 15 is 0 Å². The average molecular weight is 583 g/mol. The normalized spacial score (nSPS) is 21.7. The second kappa shape index (κ2) is 11.0. The number of nitrogens with one attached hydrogen (secondary N) is 1. The van der Waals surface area contributed by atoms with Crippen molar-refractivity contribution in [3.63, 3.8) is 0 Å². The van der Waals surface area contributed by atoms with Crippen LogP contribution >= 0.6 is 11.3 Å². The topological polar surface area (TPSA) is 99.5 Å². The van der Waals surface area contributed by atoms with Crippen molar-refractivity contribution in [3.8, 4) is 0 Å². The summed E-state index contributed by atoms with van der Waals surface area (Å²) in [5.74, 6) is 0.351. The summed E-state index contributed by atoms with van der Waals surface area (Å²) in [5, 5.41) is 3.56. The fourth-order valence-corrected chi connectivity index (χ4v) is 8.30. The van der Waals surface area contributed by atoms with E-state index in [1.54, 1.807) is 28.7 Å². The van der Waals surface area contributed by atoms with Crippen molar-refractivity contribution in [2.24, 2.45) is 0 Å². The number of nitrogens with zero attached hydrogens (tertiary/aromatic N) is 7. The summed E-state index contributed by atoms with van der Waals surface area (Å²) in [7, 11) is -1.63. The van der Waals surface area contributed by atoms with Gasteiger partial charge in [-0.25, -0.2) is 27.8 Å². The van der Waals surface area contributed by atoms with Gasteiger partial charge in [-0.1, -0.05) is 29.5 Å². The predicted molar refractivity (Wildman–Crippen MR) is 152 cm³/mol. The molecule has 210 valence electrons. The number of anilines is 2. The predicted octanol–water partition coefficient (Wildman–Crippen LogP) is 3.59. The first-order valence-electron chi connectivity index (χ1n) is 13.1. The van der Waals surface area contributed by atoms with Crippen LogP contribution in [0.2, 0.25) is 0 Å². The minimum Gasteiger partial charge on any atom is -0.326 e. The number of aromatic nitrogens is 4. The quantitative estimate of drug-likeness (QED) is 0.353. The summed E-state index contributed by atoms with van der Waals surface area (Å²) in [5.41, 5.74) is 2.07. The smallest absolute Gasteiger partial charge is 0.254 e. The molecule has 5 heterocycles. The Bertz CT molecular complexity index is 1560. The van der Waals surface area contributed by atoms with Crippen LogP contribution in [0.4, 0.5) is 15.3 Å². The molecule has 0 bridgehead atoms. The van der Waals surface area contributed by atoms with Crippen LogP contribution < -0.4 is 5.32 Å². The molecule has 1 N–H and O–H groups in total. The molecule has 0 amide bonds. The third kappa shape index (κ3) is 5.27. The summed E-state index contributed by atoms with van der Waals surface area (Å²) < 4.78 is 44.7. The van der Waals surface area contributed by atoms with E-state index < -0.39 is 10.0 Å². The zero-order chi connectivity index (χ0) is 27.9. The molecular formula is C27H31FN8O2S2. The van der Waals surface area contributed by atoms with Gasteiger partial charge in [-0.15, -0.1) is 0 Å². The third-order valence-corrected chi connectivity index (χ3v) is 10.9. The molecule has 2 aliphatic heterocycles. The van der Waals surface area contributed by atoms with Crippen molar-refractivity contribution in [3.05, 3.63) is 84.5 Å². The molecule has 2 unspecified atom stereocenters. The fraction of sp³-hybridized carbons (Fsp3) is 0.370. The Morgan fingerprint density at radius 1 is 1.05 bits per heavy atom. The summed E-state index contributed by atoms with van der Waals surface area (Å²) in [6.07, 6.45) is 6.81. The molecule has 0 aliphatic carbocycles. The number of halogens is 1. The largest absolute Gasteiger partial charge is 0.326 e. The highest BCUT2D eigenvalue weighted by atomic mass is 32.2. The Balaban J connectivity index is 1.20. The number of sulfonamides is 1. The third-order valence-electron chi connectivity index (χ3n) is 7.68. The zero-order valence-corrected chi connectivity index (χ0v) is 23.9. The molecule has 3 aromatic heterocycles. The average Bonchev–Trinajstić information content (AvgIpc) is 3.63. The monoisotopic (exact) mass is 582 g/mol. The van der Waals surface area contributed by atoms with Crippen molar-refractivity contribution in [2.75, 3.05) is 45.1 Å². The first kappa shape index (κ1) is 27.0. The highest BCUT2D eigenvalue weighted by Crippen LogP contribution is 2.35. The van der Waals surface area contributed by atoms with Gasteiger partial charge in [0.25, 0.3) is 10.0 Å². The second-order valence-corrected chi connectivity index (χ2v) is 13.5. The molecule has 10 nitrogen and oxygen atoms in total. The number of benzene rings is 1. The van der Waals surface area contributed by atoms with E-state index in [1.807, 2.05) is 24.7 Å². The van der Waals surface area contributed by atoms with Gasteiger partial charge < -0.3 is 14.8 Å². The maximum Gasteiger partial charge on any atom is 0.254 e. The molecule has 0 radical (unpaired) electrons. The summed E-state index contributed by atoms with van der Waals surface area (Å²) in [6.45, 7) is 5.05. The number of likely N-dealkylation sites (N-methyl/N-ethyl adjacent to an activating group) is 1. The van der Waals surface area contributed by atoms with E-state index in [2.05, 4.69) is 48.6 Å². The van der Waals surface area contributed by atoms with Crippen LogP contribution in [0.5, 0.6) is 0 Å². The molecule has 2 fully saturated rings. The van der Waals surface area contributed by atoms with Crippen LogP contribution in [0.3, 0.4) is 0 Å². The van der Waals surface area contributed by atoms with E-state index in [0.29, 0.717) is 30.6 Å². The molecule has 13 heteroatoms. The van der Waals surface area contributed by atoms with E-state index in [9.17, 15) is 12.8 Å². The fourth-order valence-electron chi connectivity index (χ4n) is 5.64. The van der Waals surface area contributed by atoms with Crippen LogP contribution in [-0.2, 0) is 10.0 Å². The van der Waals surface area contributed by atoms with Gasteiger partial charge in [0.15, 0.2) is 9.34 Å². The summed E-state index contributed by atoms with van der Waals surface area (Å²) in [6, 6.07) is 12.1. The van der Waals surface area contributed by atoms with Crippen molar-refractivity contribution in [2.45, 2.75) is 29.3 Å². The van der Waals surface area contributed by atoms with Crippen LogP contribution in [0.1, 0.15) is 30.3 Å². The number of thiazole rings is 1. The maximum atomic E-state index is 13.6. The number of pyridine rings is 1. The van der Waals surface area contributed by atoms with Gasteiger partial charge in [-0.05, 0) is 43.8 Å². The van der Waals surface area contributed by atoms with Gasteiger partial charge in [0, 0.05) is 51.2 Å². The van der Waals surface area contributed by atoms with Crippen LogP contribution in [0, 0.1) is 5.82 Å². The molecule has 40 heavy (non-hydrogen) atoms. The van der Waals surface area contributed by atoms with Crippen LogP contribution in [0.25, 0.3) is 0 Å². The molecule has 2 saturated heterocycles. The van der Waals surface area contributed by atoms with Gasteiger partial charge >= 0.3 is 0 Å². The number of hydrogen-bond donors (Lipinski definition) is 1. The van der Waals surface area contributed by atoms with E-state index in [-0.39, 0.29) is 28.2 Å². The molecule has 6 rings (SSSR count). The summed E-state index contributed by atoms with van der Waals surface area (Å²) in [4.78, 5) is 17.6. The Kier molecular flexibility index (Phi) is 7.40. The van der Waals surface area contributed by atoms with Crippen molar-refractivity contribution in [1.82, 2.24) is 33.6 Å². The Morgan fingerprint density at radius 3 is 2.65 bits per heavy atom. The lowest BCUT2D eigenvalue weighted by atomic mass is 10.0. The minimum absolute atomic E-state index is 0.0225. The number of hydrogen-bond acceptors (Lipinski definition) is 9. The first-order chi connectivity index (χ1) is 19.3. The highest BCUT2D eigenvalue weighted by Gasteiger charge is 2.42. The summed E-state index contributed by atoms with van der Waals surface area (Å²) >= 11 is 1.11. The van der Waals surface area contributed by atoms with Crippen molar-refractivity contribution >= 4 is 32.3 Å². The molecule has 3 atom stereocenters. The van der Waals surface area contributed by atoms with E-state index in [1.165, 1.54) is 18.3 Å². The van der Waals surface area contributed by atoms with Gasteiger partial charge in [-0.2, -0.15) is 4.31 Å². The standard InChI is InChI=1S/C27H31FN8O2S2/c1-19(20-6-8-21(28)9-7-20)36-18-29-13-23(36)24-17-33(2)15-22-16-34(11-12-35(22)24)40(37,38)26-14-31-27(39-26)32-25-5-3-4-10-30-25/h3-10,13-14,18-19,22,24H,11-12,15-17H2,1-2H3,(H,30,31,32)/t19-,22?,24?/m1/s1. The molecule has 0 spiro atoms. The second-order valence-electron chi connectivity index (χ2n) is 10.3. The maximum absolute atomic E-state index is 13.6. The lowest BCUT2D eigenvalue weighted by Gasteiger charge is -2.50. The van der Waals surface area contributed by atoms with Crippen LogP contribution in [0.15, 0.2) is 71.6 Å². The highest BCUT2D eigenvalue weighted by molar-refractivity contribution is 7.91. The zero-order valence-electron chi connectivity index (χ0n) is 22.3. The SMILES string of the molecule is C[C@H](c1ccc(F)cc1)n1cncc1C1CN(C)CC2CN(S(=O)(=O)c3cnc(Nc4ccccn4)s3)CCN21. The number of rotatable bonds is 7. The lowest BCUT2D eigenvalue weighted by molar-refractivity contribution is -0.00314. The van der Waals surface area contributed by atoms with E-state index in [0.717, 1.165) is 35.7 Å². The Morgan fingerprint density at radius 2 is 1.88 bits per heavy atom. The Labute approximate surface area is 237 Å². The molecular weight excluding hydrogens is 551 g/mol. The Hall–Kier alpha value is -3.23. The molecule has 0 saturated carbocycles. The number of piperazine rings is 2. The lowest BCUT2D eigenvalue weighted by Crippen LogP contribution is -2.63. The van der Waals surface area contributed by atoms with Crippen LogP contribution in [-0.4, -0.2) is 87.9 Å². The molecule has 2 aliphatic rings. The van der Waals surface area contributed by atoms with Gasteiger partial charge in [0.2, 0.25) is 0 Å².